The Balaban J connectivity index is 2.01. The van der Waals surface area contributed by atoms with Gasteiger partial charge in [-0.15, -0.1) is 0 Å². The maximum Gasteiger partial charge on any atom is 0.0509 e. The molecule has 2 N–H and O–H groups in total. The second kappa shape index (κ2) is 7.58. The van der Waals surface area contributed by atoms with E-state index in [-0.39, 0.29) is 0 Å². The molecule has 4 heteroatoms. The summed E-state index contributed by atoms with van der Waals surface area (Å²) >= 11 is 0. The van der Waals surface area contributed by atoms with Gasteiger partial charge in [0, 0.05) is 38.1 Å². The fourth-order valence-electron chi connectivity index (χ4n) is 2.90. The second-order valence-electron chi connectivity index (χ2n) is 5.20. The van der Waals surface area contributed by atoms with E-state index in [0.29, 0.717) is 18.5 Å². The van der Waals surface area contributed by atoms with Crippen molar-refractivity contribution >= 4 is 0 Å². The molecular weight excluding hydrogens is 238 g/mol. The quantitative estimate of drug-likeness (QED) is 0.848. The van der Waals surface area contributed by atoms with Crippen LogP contribution in [-0.4, -0.2) is 42.2 Å². The minimum atomic E-state index is 0.415. The van der Waals surface area contributed by atoms with Crippen LogP contribution in [0.1, 0.15) is 25.3 Å². The highest BCUT2D eigenvalue weighted by Crippen LogP contribution is 2.22. The van der Waals surface area contributed by atoms with Crippen LogP contribution in [-0.2, 0) is 11.3 Å². The normalized spacial score (nSPS) is 21.5. The molecule has 2 atom stereocenters. The van der Waals surface area contributed by atoms with Crippen LogP contribution in [0.2, 0.25) is 0 Å². The Morgan fingerprint density at radius 3 is 2.84 bits per heavy atom. The van der Waals surface area contributed by atoms with Crippen LogP contribution in [0.4, 0.5) is 0 Å². The molecule has 0 saturated carbocycles. The van der Waals surface area contributed by atoms with Crippen molar-refractivity contribution in [1.82, 2.24) is 9.88 Å². The molecule has 4 nitrogen and oxygen atoms in total. The van der Waals surface area contributed by atoms with Gasteiger partial charge in [0.25, 0.3) is 0 Å². The van der Waals surface area contributed by atoms with E-state index in [1.807, 2.05) is 12.4 Å². The van der Waals surface area contributed by atoms with Gasteiger partial charge < -0.3 is 10.5 Å². The number of likely N-dealkylation sites (N-methyl/N-ethyl adjacent to an activating group) is 1. The van der Waals surface area contributed by atoms with E-state index in [1.165, 1.54) is 12.0 Å². The summed E-state index contributed by atoms with van der Waals surface area (Å²) < 4.78 is 5.62. The van der Waals surface area contributed by atoms with Crippen LogP contribution in [0.15, 0.2) is 24.5 Å². The molecule has 0 bridgehead atoms. The first kappa shape index (κ1) is 14.4. The van der Waals surface area contributed by atoms with Crippen LogP contribution in [0, 0.1) is 5.92 Å². The van der Waals surface area contributed by atoms with E-state index in [9.17, 15) is 0 Å². The minimum absolute atomic E-state index is 0.415. The third-order valence-corrected chi connectivity index (χ3v) is 3.99. The number of nitrogens with zero attached hydrogens (tertiary/aromatic N) is 2. The Morgan fingerprint density at radius 1 is 1.47 bits per heavy atom. The average Bonchev–Trinajstić information content (AvgIpc) is 2.49. The summed E-state index contributed by atoms with van der Waals surface area (Å²) in [4.78, 5) is 6.54. The molecule has 2 unspecified atom stereocenters. The Labute approximate surface area is 116 Å². The van der Waals surface area contributed by atoms with Gasteiger partial charge in [0.05, 0.1) is 6.61 Å². The molecule has 2 heterocycles. The topological polar surface area (TPSA) is 51.4 Å². The molecule has 0 spiro atoms. The van der Waals surface area contributed by atoms with Crippen molar-refractivity contribution in [2.45, 2.75) is 32.4 Å². The van der Waals surface area contributed by atoms with E-state index < -0.39 is 0 Å². The highest BCUT2D eigenvalue weighted by Gasteiger charge is 2.27. The fourth-order valence-corrected chi connectivity index (χ4v) is 2.90. The number of rotatable bonds is 6. The van der Waals surface area contributed by atoms with Gasteiger partial charge in [0.15, 0.2) is 0 Å². The van der Waals surface area contributed by atoms with Crippen LogP contribution in [0.3, 0.4) is 0 Å². The van der Waals surface area contributed by atoms with E-state index >= 15 is 0 Å². The van der Waals surface area contributed by atoms with Crippen LogP contribution in [0.5, 0.6) is 0 Å². The number of hydrogen-bond donors (Lipinski definition) is 1. The summed E-state index contributed by atoms with van der Waals surface area (Å²) in [7, 11) is 0. The molecule has 2 rings (SSSR count). The van der Waals surface area contributed by atoms with Crippen molar-refractivity contribution in [3.63, 3.8) is 0 Å². The predicted octanol–water partition coefficient (Wildman–Crippen LogP) is 1.66. The molecule has 0 aromatic carbocycles. The molecule has 106 valence electrons. The molecule has 1 saturated heterocycles. The standard InChI is InChI=1S/C15H25N3O/c1-2-18(11-13-5-7-17-8-6-13)15(10-16)14-4-3-9-19-12-14/h5-8,14-15H,2-4,9-12,16H2,1H3. The first-order valence-corrected chi connectivity index (χ1v) is 7.26. The van der Waals surface area contributed by atoms with Gasteiger partial charge in [-0.2, -0.15) is 0 Å². The van der Waals surface area contributed by atoms with Gasteiger partial charge in [0.2, 0.25) is 0 Å². The first-order valence-electron chi connectivity index (χ1n) is 7.26. The Hall–Kier alpha value is -0.970. The summed E-state index contributed by atoms with van der Waals surface area (Å²) in [6.07, 6.45) is 6.09. The lowest BCUT2D eigenvalue weighted by Gasteiger charge is -2.37. The fraction of sp³-hybridized carbons (Fsp3) is 0.667. The summed E-state index contributed by atoms with van der Waals surface area (Å²) in [5.41, 5.74) is 7.32. The molecular formula is C15H25N3O. The molecule has 0 radical (unpaired) electrons. The van der Waals surface area contributed by atoms with Crippen molar-refractivity contribution in [2.24, 2.45) is 11.7 Å². The lowest BCUT2D eigenvalue weighted by Crippen LogP contribution is -2.47. The zero-order chi connectivity index (χ0) is 13.5. The summed E-state index contributed by atoms with van der Waals surface area (Å²) in [6.45, 7) is 6.62. The third-order valence-electron chi connectivity index (χ3n) is 3.99. The van der Waals surface area contributed by atoms with Crippen molar-refractivity contribution in [3.05, 3.63) is 30.1 Å². The molecule has 0 aliphatic carbocycles. The molecule has 1 fully saturated rings. The van der Waals surface area contributed by atoms with Gasteiger partial charge in [-0.25, -0.2) is 0 Å². The summed E-state index contributed by atoms with van der Waals surface area (Å²) in [6, 6.07) is 4.57. The highest BCUT2D eigenvalue weighted by molar-refractivity contribution is 5.09. The van der Waals surface area contributed by atoms with Gasteiger partial charge in [-0.05, 0) is 43.0 Å². The number of hydrogen-bond acceptors (Lipinski definition) is 4. The zero-order valence-corrected chi connectivity index (χ0v) is 11.8. The zero-order valence-electron chi connectivity index (χ0n) is 11.8. The van der Waals surface area contributed by atoms with Crippen molar-refractivity contribution in [2.75, 3.05) is 26.3 Å². The van der Waals surface area contributed by atoms with Crippen molar-refractivity contribution < 1.29 is 4.74 Å². The third kappa shape index (κ3) is 4.00. The van der Waals surface area contributed by atoms with Crippen molar-refractivity contribution in [1.29, 1.82) is 0 Å². The van der Waals surface area contributed by atoms with Crippen LogP contribution >= 0.6 is 0 Å². The highest BCUT2D eigenvalue weighted by atomic mass is 16.5. The summed E-state index contributed by atoms with van der Waals surface area (Å²) in [5, 5.41) is 0. The summed E-state index contributed by atoms with van der Waals surface area (Å²) in [5.74, 6) is 0.570. The molecule has 1 aliphatic heterocycles. The van der Waals surface area contributed by atoms with E-state index in [4.69, 9.17) is 10.5 Å². The number of ether oxygens (including phenoxy) is 1. The molecule has 1 aromatic heterocycles. The van der Waals surface area contributed by atoms with Gasteiger partial charge in [-0.3, -0.25) is 9.88 Å². The number of pyridine rings is 1. The smallest absolute Gasteiger partial charge is 0.0509 e. The van der Waals surface area contributed by atoms with E-state index in [0.717, 1.165) is 32.7 Å². The predicted molar refractivity (Wildman–Crippen MR) is 76.7 cm³/mol. The Bertz CT molecular complexity index is 352. The minimum Gasteiger partial charge on any atom is -0.381 e. The second-order valence-corrected chi connectivity index (χ2v) is 5.20. The molecule has 19 heavy (non-hydrogen) atoms. The average molecular weight is 263 g/mol. The molecule has 0 amide bonds. The van der Waals surface area contributed by atoms with Crippen LogP contribution < -0.4 is 5.73 Å². The van der Waals surface area contributed by atoms with Crippen LogP contribution in [0.25, 0.3) is 0 Å². The van der Waals surface area contributed by atoms with Gasteiger partial charge in [-0.1, -0.05) is 6.92 Å². The number of aromatic nitrogens is 1. The lowest BCUT2D eigenvalue weighted by atomic mass is 9.92. The van der Waals surface area contributed by atoms with Gasteiger partial charge in [0.1, 0.15) is 0 Å². The van der Waals surface area contributed by atoms with E-state index in [2.05, 4.69) is 28.9 Å². The van der Waals surface area contributed by atoms with Crippen molar-refractivity contribution in [3.8, 4) is 0 Å². The maximum atomic E-state index is 6.02. The lowest BCUT2D eigenvalue weighted by molar-refractivity contribution is 0.0102. The van der Waals surface area contributed by atoms with Gasteiger partial charge >= 0.3 is 0 Å². The monoisotopic (exact) mass is 263 g/mol. The number of nitrogens with two attached hydrogens (primary N) is 1. The first-order chi connectivity index (χ1) is 9.35. The van der Waals surface area contributed by atoms with E-state index in [1.54, 1.807) is 0 Å². The molecule has 1 aliphatic rings. The maximum absolute atomic E-state index is 6.02. The SMILES string of the molecule is CCN(Cc1ccncc1)C(CN)C1CCCOC1. The Morgan fingerprint density at radius 2 is 2.26 bits per heavy atom. The largest absolute Gasteiger partial charge is 0.381 e. The Kier molecular flexibility index (Phi) is 5.76. The molecule has 1 aromatic rings.